The second kappa shape index (κ2) is 6.54. The molecule has 1 rings (SSSR count). The zero-order chi connectivity index (χ0) is 12.8. The minimum atomic E-state index is -0.745. The number of nitrogens with zero attached hydrogens (tertiary/aromatic N) is 2. The number of carboxylic acid groups (broad SMARTS) is 1. The number of carboxylic acids is 1. The third kappa shape index (κ3) is 5.63. The van der Waals surface area contributed by atoms with E-state index in [9.17, 15) is 4.79 Å². The van der Waals surface area contributed by atoms with E-state index in [0.29, 0.717) is 12.5 Å². The fourth-order valence-electron chi connectivity index (χ4n) is 1.75. The van der Waals surface area contributed by atoms with Gasteiger partial charge in [0.25, 0.3) is 0 Å². The van der Waals surface area contributed by atoms with Crippen LogP contribution in [0.3, 0.4) is 0 Å². The fraction of sp³-hybridized carbons (Fsp3) is 0.727. The highest BCUT2D eigenvalue weighted by Gasteiger charge is 2.15. The van der Waals surface area contributed by atoms with Crippen molar-refractivity contribution in [3.63, 3.8) is 0 Å². The molecule has 0 spiro atoms. The van der Waals surface area contributed by atoms with E-state index in [4.69, 9.17) is 5.11 Å². The summed E-state index contributed by atoms with van der Waals surface area (Å²) in [6.45, 7) is 6.68. The maximum absolute atomic E-state index is 10.8. The summed E-state index contributed by atoms with van der Waals surface area (Å²) < 4.78 is 4.07. The Balaban J connectivity index is 2.45. The van der Waals surface area contributed by atoms with Crippen LogP contribution in [-0.2, 0) is 4.79 Å². The van der Waals surface area contributed by atoms with Gasteiger partial charge in [0.15, 0.2) is 0 Å². The van der Waals surface area contributed by atoms with Crippen LogP contribution >= 0.6 is 11.5 Å². The number of aryl methyl sites for hydroxylation is 1. The lowest BCUT2D eigenvalue weighted by atomic mass is 9.94. The number of nitrogens with one attached hydrogen (secondary N) is 1. The van der Waals surface area contributed by atoms with Gasteiger partial charge in [-0.2, -0.15) is 4.37 Å². The van der Waals surface area contributed by atoms with Crippen molar-refractivity contribution < 1.29 is 9.90 Å². The largest absolute Gasteiger partial charge is 0.481 e. The first kappa shape index (κ1) is 13.9. The van der Waals surface area contributed by atoms with Crippen LogP contribution < -0.4 is 5.32 Å². The van der Waals surface area contributed by atoms with E-state index < -0.39 is 5.97 Å². The molecule has 0 aliphatic rings. The number of hydrogen-bond donors (Lipinski definition) is 2. The molecular formula is C11H19N3O2S. The van der Waals surface area contributed by atoms with Crippen LogP contribution in [0.4, 0.5) is 5.13 Å². The van der Waals surface area contributed by atoms with Crippen LogP contribution in [-0.4, -0.2) is 27.0 Å². The molecule has 96 valence electrons. The Morgan fingerprint density at radius 1 is 1.53 bits per heavy atom. The minimum absolute atomic E-state index is 0.136. The molecule has 0 aliphatic heterocycles. The Hall–Kier alpha value is -1.17. The maximum Gasteiger partial charge on any atom is 0.303 e. The van der Waals surface area contributed by atoms with E-state index in [0.717, 1.165) is 17.4 Å². The van der Waals surface area contributed by atoms with Crippen molar-refractivity contribution in [2.24, 2.45) is 11.8 Å². The van der Waals surface area contributed by atoms with Gasteiger partial charge in [-0.3, -0.25) is 4.79 Å². The predicted molar refractivity (Wildman–Crippen MR) is 68.3 cm³/mol. The molecule has 6 heteroatoms. The third-order valence-corrected chi connectivity index (χ3v) is 3.10. The molecule has 1 aromatic heterocycles. The van der Waals surface area contributed by atoms with Gasteiger partial charge in [-0.15, -0.1) is 0 Å². The van der Waals surface area contributed by atoms with Gasteiger partial charge in [-0.25, -0.2) is 4.98 Å². The highest BCUT2D eigenvalue weighted by atomic mass is 32.1. The van der Waals surface area contributed by atoms with E-state index in [1.807, 2.05) is 6.92 Å². The van der Waals surface area contributed by atoms with Crippen LogP contribution in [0.2, 0.25) is 0 Å². The Kier molecular flexibility index (Phi) is 5.34. The molecular weight excluding hydrogens is 238 g/mol. The molecule has 0 saturated carbocycles. The second-order valence-corrected chi connectivity index (χ2v) is 5.37. The standard InChI is InChI=1S/C11H19N3O2S/c1-7(2)4-9(5-10(15)16)6-12-11-13-8(3)14-17-11/h7,9H,4-6H2,1-3H3,(H,15,16)(H,12,13,14). The summed E-state index contributed by atoms with van der Waals surface area (Å²) >= 11 is 1.31. The quantitative estimate of drug-likeness (QED) is 0.784. The topological polar surface area (TPSA) is 75.1 Å². The number of hydrogen-bond acceptors (Lipinski definition) is 5. The normalized spacial score (nSPS) is 12.7. The molecule has 1 aromatic rings. The molecule has 0 bridgehead atoms. The summed E-state index contributed by atoms with van der Waals surface area (Å²) in [5, 5.41) is 12.8. The first-order chi connectivity index (χ1) is 7.97. The molecule has 1 unspecified atom stereocenters. The first-order valence-electron chi connectivity index (χ1n) is 5.73. The van der Waals surface area contributed by atoms with E-state index in [2.05, 4.69) is 28.5 Å². The van der Waals surface area contributed by atoms with Gasteiger partial charge in [0.05, 0.1) is 0 Å². The van der Waals surface area contributed by atoms with Gasteiger partial charge < -0.3 is 10.4 Å². The average molecular weight is 257 g/mol. The van der Waals surface area contributed by atoms with E-state index >= 15 is 0 Å². The summed E-state index contributed by atoms with van der Waals surface area (Å²) in [5.74, 6) is 0.635. The van der Waals surface area contributed by atoms with E-state index in [1.165, 1.54) is 11.5 Å². The zero-order valence-corrected chi connectivity index (χ0v) is 11.3. The van der Waals surface area contributed by atoms with Gasteiger partial charge in [0.2, 0.25) is 5.13 Å². The molecule has 17 heavy (non-hydrogen) atoms. The molecule has 0 saturated heterocycles. The number of aliphatic carboxylic acids is 1. The second-order valence-electron chi connectivity index (χ2n) is 4.62. The third-order valence-electron chi connectivity index (χ3n) is 2.34. The van der Waals surface area contributed by atoms with Crippen molar-refractivity contribution in [3.8, 4) is 0 Å². The zero-order valence-electron chi connectivity index (χ0n) is 10.4. The lowest BCUT2D eigenvalue weighted by molar-refractivity contribution is -0.138. The Morgan fingerprint density at radius 2 is 2.24 bits per heavy atom. The summed E-state index contributed by atoms with van der Waals surface area (Å²) in [7, 11) is 0. The van der Waals surface area contributed by atoms with Crippen LogP contribution in [0.15, 0.2) is 0 Å². The summed E-state index contributed by atoms with van der Waals surface area (Å²) in [4.78, 5) is 14.9. The number of aromatic nitrogens is 2. The highest BCUT2D eigenvalue weighted by molar-refractivity contribution is 7.09. The van der Waals surface area contributed by atoms with Gasteiger partial charge in [0, 0.05) is 24.5 Å². The smallest absolute Gasteiger partial charge is 0.303 e. The monoisotopic (exact) mass is 257 g/mol. The van der Waals surface area contributed by atoms with Gasteiger partial charge in [-0.1, -0.05) is 13.8 Å². The van der Waals surface area contributed by atoms with Gasteiger partial charge in [0.1, 0.15) is 5.82 Å². The SMILES string of the molecule is Cc1nsc(NCC(CC(=O)O)CC(C)C)n1. The predicted octanol–water partition coefficient (Wildman–Crippen LogP) is 2.40. The average Bonchev–Trinajstić information content (AvgIpc) is 2.59. The van der Waals surface area contributed by atoms with E-state index in [1.54, 1.807) is 0 Å². The lowest BCUT2D eigenvalue weighted by Gasteiger charge is -2.17. The number of anilines is 1. The maximum atomic E-state index is 10.8. The summed E-state index contributed by atoms with van der Waals surface area (Å²) in [5.41, 5.74) is 0. The Morgan fingerprint density at radius 3 is 2.71 bits per heavy atom. The molecule has 0 fully saturated rings. The number of carbonyl (C=O) groups is 1. The Labute approximate surface area is 105 Å². The molecule has 0 aromatic carbocycles. The van der Waals surface area contributed by atoms with Crippen LogP contribution in [0.25, 0.3) is 0 Å². The molecule has 1 atom stereocenters. The van der Waals surface area contributed by atoms with Gasteiger partial charge >= 0.3 is 5.97 Å². The van der Waals surface area contributed by atoms with Crippen molar-refractivity contribution in [1.82, 2.24) is 9.36 Å². The molecule has 0 amide bonds. The summed E-state index contributed by atoms with van der Waals surface area (Å²) in [6.07, 6.45) is 1.10. The van der Waals surface area contributed by atoms with Crippen molar-refractivity contribution in [2.75, 3.05) is 11.9 Å². The van der Waals surface area contributed by atoms with E-state index in [-0.39, 0.29) is 12.3 Å². The van der Waals surface area contributed by atoms with Crippen LogP contribution in [0.1, 0.15) is 32.5 Å². The first-order valence-corrected chi connectivity index (χ1v) is 6.50. The lowest BCUT2D eigenvalue weighted by Crippen LogP contribution is -2.19. The highest BCUT2D eigenvalue weighted by Crippen LogP contribution is 2.18. The van der Waals surface area contributed by atoms with Crippen molar-refractivity contribution in [1.29, 1.82) is 0 Å². The molecule has 2 N–H and O–H groups in total. The van der Waals surface area contributed by atoms with Gasteiger partial charge in [-0.05, 0) is 25.2 Å². The van der Waals surface area contributed by atoms with Crippen molar-refractivity contribution in [3.05, 3.63) is 5.82 Å². The van der Waals surface area contributed by atoms with Crippen LogP contribution in [0.5, 0.6) is 0 Å². The van der Waals surface area contributed by atoms with Crippen LogP contribution in [0, 0.1) is 18.8 Å². The fourth-order valence-corrected chi connectivity index (χ4v) is 2.33. The molecule has 0 aliphatic carbocycles. The summed E-state index contributed by atoms with van der Waals surface area (Å²) in [6, 6.07) is 0. The molecule has 5 nitrogen and oxygen atoms in total. The number of rotatable bonds is 7. The van der Waals surface area contributed by atoms with Crippen molar-refractivity contribution >= 4 is 22.6 Å². The van der Waals surface area contributed by atoms with Crippen molar-refractivity contribution in [2.45, 2.75) is 33.6 Å². The molecule has 1 heterocycles. The minimum Gasteiger partial charge on any atom is -0.481 e. The molecule has 0 radical (unpaired) electrons. The Bertz CT molecular complexity index is 365.